The van der Waals surface area contributed by atoms with Crippen molar-refractivity contribution in [3.05, 3.63) is 51.7 Å². The lowest BCUT2D eigenvalue weighted by atomic mass is 9.85. The largest absolute Gasteiger partial charge is 0.357 e. The van der Waals surface area contributed by atoms with Gasteiger partial charge in [0.25, 0.3) is 0 Å². The Morgan fingerprint density at radius 1 is 1.26 bits per heavy atom. The number of thiophene rings is 1. The van der Waals surface area contributed by atoms with Crippen molar-refractivity contribution < 1.29 is 4.79 Å². The van der Waals surface area contributed by atoms with Crippen molar-refractivity contribution in [3.8, 4) is 0 Å². The van der Waals surface area contributed by atoms with Gasteiger partial charge in [0.2, 0.25) is 5.91 Å². The molecule has 3 rings (SSSR count). The molecule has 0 unspecified atom stereocenters. The molecule has 27 heavy (non-hydrogen) atoms. The van der Waals surface area contributed by atoms with E-state index in [-0.39, 0.29) is 11.8 Å². The molecule has 0 atom stereocenters. The van der Waals surface area contributed by atoms with Gasteiger partial charge in [-0.25, -0.2) is 4.99 Å². The van der Waals surface area contributed by atoms with Crippen LogP contribution in [-0.2, 0) is 17.9 Å². The molecule has 0 saturated heterocycles. The number of nitrogens with one attached hydrogen (secondary N) is 3. The monoisotopic (exact) mass is 384 g/mol. The van der Waals surface area contributed by atoms with Crippen LogP contribution in [-0.4, -0.2) is 18.4 Å². The second-order valence-corrected chi connectivity index (χ2v) is 7.89. The summed E-state index contributed by atoms with van der Waals surface area (Å²) in [7, 11) is 0. The minimum absolute atomic E-state index is 0.142. The molecule has 3 N–H and O–H groups in total. The van der Waals surface area contributed by atoms with E-state index in [1.54, 1.807) is 11.3 Å². The smallest absolute Gasteiger partial charge is 0.227 e. The molecule has 1 heterocycles. The number of aryl methyl sites for hydroxylation is 1. The molecule has 5 nitrogen and oxygen atoms in total. The van der Waals surface area contributed by atoms with Gasteiger partial charge in [0, 0.05) is 23.0 Å². The summed E-state index contributed by atoms with van der Waals surface area (Å²) in [5.74, 6) is 1.13. The van der Waals surface area contributed by atoms with Crippen molar-refractivity contribution in [1.29, 1.82) is 0 Å². The van der Waals surface area contributed by atoms with Crippen LogP contribution in [0.5, 0.6) is 0 Å². The third kappa shape index (κ3) is 5.57. The van der Waals surface area contributed by atoms with Crippen molar-refractivity contribution >= 4 is 28.9 Å². The van der Waals surface area contributed by atoms with Gasteiger partial charge in [0.15, 0.2) is 5.96 Å². The first-order valence-corrected chi connectivity index (χ1v) is 10.5. The summed E-state index contributed by atoms with van der Waals surface area (Å²) in [5.41, 5.74) is 3.23. The summed E-state index contributed by atoms with van der Waals surface area (Å²) in [6.45, 7) is 6.33. The first-order valence-electron chi connectivity index (χ1n) is 9.60. The lowest BCUT2D eigenvalue weighted by Gasteiger charge is -2.24. The summed E-state index contributed by atoms with van der Waals surface area (Å²) in [4.78, 5) is 18.1. The topological polar surface area (TPSA) is 65.5 Å². The fourth-order valence-corrected chi connectivity index (χ4v) is 3.77. The summed E-state index contributed by atoms with van der Waals surface area (Å²) in [6.07, 6.45) is 3.19. The highest BCUT2D eigenvalue weighted by molar-refractivity contribution is 7.10. The number of hydrogen-bond donors (Lipinski definition) is 3. The van der Waals surface area contributed by atoms with Crippen LogP contribution in [0.1, 0.15) is 42.2 Å². The Hall–Kier alpha value is -2.34. The number of hydrogen-bond acceptors (Lipinski definition) is 3. The molecule has 1 aromatic heterocycles. The Kier molecular flexibility index (Phi) is 6.87. The van der Waals surface area contributed by atoms with Crippen LogP contribution in [0.2, 0.25) is 0 Å². The van der Waals surface area contributed by atoms with Crippen molar-refractivity contribution in [2.24, 2.45) is 10.9 Å². The van der Waals surface area contributed by atoms with Gasteiger partial charge in [-0.15, -0.1) is 11.3 Å². The zero-order chi connectivity index (χ0) is 19.1. The molecule has 0 bridgehead atoms. The van der Waals surface area contributed by atoms with Crippen LogP contribution >= 0.6 is 11.3 Å². The summed E-state index contributed by atoms with van der Waals surface area (Å²) in [6, 6.07) is 10.1. The van der Waals surface area contributed by atoms with E-state index in [0.29, 0.717) is 6.54 Å². The summed E-state index contributed by atoms with van der Waals surface area (Å²) >= 11 is 1.76. The minimum Gasteiger partial charge on any atom is -0.357 e. The highest BCUT2D eigenvalue weighted by Gasteiger charge is 2.25. The van der Waals surface area contributed by atoms with E-state index < -0.39 is 0 Å². The Bertz CT molecular complexity index is 795. The number of guanidine groups is 1. The number of carbonyl (C=O) groups is 1. The van der Waals surface area contributed by atoms with Gasteiger partial charge in [-0.1, -0.05) is 18.6 Å². The third-order valence-electron chi connectivity index (χ3n) is 4.82. The van der Waals surface area contributed by atoms with Crippen molar-refractivity contribution in [2.75, 3.05) is 11.9 Å². The number of rotatable bonds is 7. The van der Waals surface area contributed by atoms with Gasteiger partial charge in [-0.05, 0) is 61.4 Å². The fraction of sp³-hybridized carbons (Fsp3) is 0.429. The number of nitrogens with zero attached hydrogens (tertiary/aromatic N) is 1. The fourth-order valence-electron chi connectivity index (χ4n) is 2.92. The first-order chi connectivity index (χ1) is 13.2. The molecule has 2 aromatic rings. The Balaban J connectivity index is 1.58. The van der Waals surface area contributed by atoms with Gasteiger partial charge >= 0.3 is 0 Å². The summed E-state index contributed by atoms with van der Waals surface area (Å²) in [5, 5.41) is 11.8. The number of aliphatic imine (C=N–C) groups is 1. The average molecular weight is 385 g/mol. The molecule has 1 amide bonds. The Morgan fingerprint density at radius 2 is 2.11 bits per heavy atom. The molecule has 144 valence electrons. The SMILES string of the molecule is CCNC(=NCc1cccc(NC(=O)C2CCC2)c1)NCc1sccc1C. The summed E-state index contributed by atoms with van der Waals surface area (Å²) < 4.78 is 0. The van der Waals surface area contributed by atoms with E-state index in [1.165, 1.54) is 10.4 Å². The predicted molar refractivity (Wildman–Crippen MR) is 113 cm³/mol. The highest BCUT2D eigenvalue weighted by Crippen LogP contribution is 2.27. The minimum atomic E-state index is 0.142. The maximum Gasteiger partial charge on any atom is 0.227 e. The van der Waals surface area contributed by atoms with E-state index in [9.17, 15) is 4.79 Å². The van der Waals surface area contributed by atoms with Crippen LogP contribution in [0.3, 0.4) is 0 Å². The number of amides is 1. The number of anilines is 1. The molecule has 1 aliphatic rings. The van der Waals surface area contributed by atoms with Gasteiger partial charge in [0.05, 0.1) is 13.1 Å². The second-order valence-electron chi connectivity index (χ2n) is 6.89. The molecule has 0 radical (unpaired) electrons. The third-order valence-corrected chi connectivity index (χ3v) is 5.84. The van der Waals surface area contributed by atoms with Crippen molar-refractivity contribution in [2.45, 2.75) is 46.2 Å². The maximum absolute atomic E-state index is 12.1. The van der Waals surface area contributed by atoms with E-state index in [2.05, 4.69) is 46.2 Å². The average Bonchev–Trinajstić information content (AvgIpc) is 3.01. The molecule has 6 heteroatoms. The number of benzene rings is 1. The van der Waals surface area contributed by atoms with Crippen LogP contribution in [0, 0.1) is 12.8 Å². The molecule has 1 fully saturated rings. The van der Waals surface area contributed by atoms with Gasteiger partial charge in [-0.3, -0.25) is 4.79 Å². The van der Waals surface area contributed by atoms with E-state index in [0.717, 1.165) is 49.6 Å². The van der Waals surface area contributed by atoms with Crippen molar-refractivity contribution in [1.82, 2.24) is 10.6 Å². The molecule has 1 aliphatic carbocycles. The van der Waals surface area contributed by atoms with Gasteiger partial charge in [0.1, 0.15) is 0 Å². The molecule has 0 spiro atoms. The second kappa shape index (κ2) is 9.55. The van der Waals surface area contributed by atoms with Gasteiger partial charge in [-0.2, -0.15) is 0 Å². The maximum atomic E-state index is 12.1. The number of carbonyl (C=O) groups excluding carboxylic acids is 1. The lowest BCUT2D eigenvalue weighted by Crippen LogP contribution is -2.36. The first kappa shape index (κ1) is 19.4. The zero-order valence-corrected chi connectivity index (χ0v) is 16.9. The van der Waals surface area contributed by atoms with E-state index in [1.807, 2.05) is 24.3 Å². The van der Waals surface area contributed by atoms with Crippen molar-refractivity contribution in [3.63, 3.8) is 0 Å². The predicted octanol–water partition coefficient (Wildman–Crippen LogP) is 4.05. The van der Waals surface area contributed by atoms with Gasteiger partial charge < -0.3 is 16.0 Å². The van der Waals surface area contributed by atoms with E-state index in [4.69, 9.17) is 0 Å². The standard InChI is InChI=1S/C21H28N4OS/c1-3-22-21(24-14-19-15(2)10-11-27-19)23-13-16-6-4-9-18(12-16)25-20(26)17-7-5-8-17/h4,6,9-12,17H,3,5,7-8,13-14H2,1-2H3,(H,25,26)(H2,22,23,24). The molecular weight excluding hydrogens is 356 g/mol. The van der Waals surface area contributed by atoms with Crippen LogP contribution in [0.15, 0.2) is 40.7 Å². The zero-order valence-electron chi connectivity index (χ0n) is 16.0. The molecular formula is C21H28N4OS. The Morgan fingerprint density at radius 3 is 2.78 bits per heavy atom. The molecule has 1 saturated carbocycles. The van der Waals surface area contributed by atoms with Crippen LogP contribution in [0.25, 0.3) is 0 Å². The molecule has 0 aliphatic heterocycles. The molecule has 1 aromatic carbocycles. The normalized spacial score (nSPS) is 14.5. The quantitative estimate of drug-likeness (QED) is 0.498. The van der Waals surface area contributed by atoms with E-state index >= 15 is 0 Å². The Labute approximate surface area is 165 Å². The van der Waals surface area contributed by atoms with Crippen LogP contribution in [0.4, 0.5) is 5.69 Å². The highest BCUT2D eigenvalue weighted by atomic mass is 32.1. The lowest BCUT2D eigenvalue weighted by molar-refractivity contribution is -0.122. The van der Waals surface area contributed by atoms with Crippen LogP contribution < -0.4 is 16.0 Å².